The lowest BCUT2D eigenvalue weighted by Crippen LogP contribution is -2.23. The number of nitrogens with one attached hydrogen (secondary N) is 1. The Hall–Kier alpha value is -4.15. The average molecular weight is 445 g/mol. The zero-order chi connectivity index (χ0) is 22.3. The van der Waals surface area contributed by atoms with E-state index in [2.05, 4.69) is 21.5 Å². The first kappa shape index (κ1) is 21.1. The SMILES string of the molecule is N#Cc1ccccc1OCc1cccc(C(=O)NCc2nc(-c3ccc(Cl)cc3)no2)c1. The maximum Gasteiger partial charge on any atom is 0.251 e. The summed E-state index contributed by atoms with van der Waals surface area (Å²) in [5.74, 6) is 0.923. The van der Waals surface area contributed by atoms with Crippen LogP contribution in [0.1, 0.15) is 27.4 Å². The number of halogens is 1. The molecule has 1 heterocycles. The van der Waals surface area contributed by atoms with E-state index in [1.807, 2.05) is 6.07 Å². The fourth-order valence-electron chi connectivity index (χ4n) is 2.95. The van der Waals surface area contributed by atoms with Crippen LogP contribution in [0, 0.1) is 11.3 Å². The highest BCUT2D eigenvalue weighted by molar-refractivity contribution is 6.30. The van der Waals surface area contributed by atoms with Crippen molar-refractivity contribution < 1.29 is 14.1 Å². The molecule has 1 amide bonds. The second-order valence-corrected chi connectivity index (χ2v) is 7.23. The van der Waals surface area contributed by atoms with E-state index in [9.17, 15) is 4.79 Å². The van der Waals surface area contributed by atoms with E-state index in [1.165, 1.54) is 0 Å². The number of carbonyl (C=O) groups excluding carboxylic acids is 1. The fourth-order valence-corrected chi connectivity index (χ4v) is 3.08. The van der Waals surface area contributed by atoms with Gasteiger partial charge in [0.25, 0.3) is 5.91 Å². The first-order chi connectivity index (χ1) is 15.6. The zero-order valence-electron chi connectivity index (χ0n) is 16.8. The highest BCUT2D eigenvalue weighted by Gasteiger charge is 2.12. The van der Waals surface area contributed by atoms with Crippen LogP contribution in [0.3, 0.4) is 0 Å². The van der Waals surface area contributed by atoms with Crippen molar-refractivity contribution in [2.75, 3.05) is 0 Å². The predicted molar refractivity (Wildman–Crippen MR) is 118 cm³/mol. The summed E-state index contributed by atoms with van der Waals surface area (Å²) in [5.41, 5.74) is 2.49. The topological polar surface area (TPSA) is 101 Å². The maximum atomic E-state index is 12.6. The second-order valence-electron chi connectivity index (χ2n) is 6.80. The molecule has 32 heavy (non-hydrogen) atoms. The molecule has 0 saturated heterocycles. The Balaban J connectivity index is 1.36. The summed E-state index contributed by atoms with van der Waals surface area (Å²) < 4.78 is 10.9. The van der Waals surface area contributed by atoms with Crippen LogP contribution in [0.5, 0.6) is 5.75 Å². The molecule has 3 aromatic carbocycles. The number of nitriles is 1. The lowest BCUT2D eigenvalue weighted by Gasteiger charge is -2.09. The van der Waals surface area contributed by atoms with Crippen LogP contribution in [0.2, 0.25) is 5.02 Å². The van der Waals surface area contributed by atoms with E-state index in [0.29, 0.717) is 27.7 Å². The number of ether oxygens (including phenoxy) is 1. The van der Waals surface area contributed by atoms with Crippen LogP contribution in [0.15, 0.2) is 77.3 Å². The molecule has 4 aromatic rings. The van der Waals surface area contributed by atoms with Gasteiger partial charge in [-0.05, 0) is 54.1 Å². The van der Waals surface area contributed by atoms with Crippen LogP contribution >= 0.6 is 11.6 Å². The highest BCUT2D eigenvalue weighted by atomic mass is 35.5. The van der Waals surface area contributed by atoms with Crippen molar-refractivity contribution in [1.82, 2.24) is 15.5 Å². The summed E-state index contributed by atoms with van der Waals surface area (Å²) in [5, 5.41) is 16.5. The van der Waals surface area contributed by atoms with Crippen molar-refractivity contribution in [2.45, 2.75) is 13.2 Å². The van der Waals surface area contributed by atoms with Gasteiger partial charge in [0.1, 0.15) is 18.4 Å². The van der Waals surface area contributed by atoms with Crippen molar-refractivity contribution >= 4 is 17.5 Å². The summed E-state index contributed by atoms with van der Waals surface area (Å²) in [6.07, 6.45) is 0. The molecule has 158 valence electrons. The summed E-state index contributed by atoms with van der Waals surface area (Å²) >= 11 is 5.89. The number of amides is 1. The van der Waals surface area contributed by atoms with Crippen molar-refractivity contribution in [3.8, 4) is 23.2 Å². The normalized spacial score (nSPS) is 10.4. The van der Waals surface area contributed by atoms with E-state index < -0.39 is 0 Å². The number of para-hydroxylation sites is 1. The molecule has 0 radical (unpaired) electrons. The molecule has 8 heteroatoms. The second kappa shape index (κ2) is 9.77. The molecule has 0 aliphatic carbocycles. The van der Waals surface area contributed by atoms with Gasteiger partial charge in [-0.15, -0.1) is 0 Å². The lowest BCUT2D eigenvalue weighted by atomic mass is 10.1. The third kappa shape index (κ3) is 5.12. The van der Waals surface area contributed by atoms with Gasteiger partial charge < -0.3 is 14.6 Å². The largest absolute Gasteiger partial charge is 0.488 e. The number of benzene rings is 3. The number of rotatable bonds is 7. The maximum absolute atomic E-state index is 12.6. The van der Waals surface area contributed by atoms with Crippen molar-refractivity contribution in [2.24, 2.45) is 0 Å². The van der Waals surface area contributed by atoms with Crippen molar-refractivity contribution in [3.05, 3.63) is 100 Å². The third-order valence-corrected chi connectivity index (χ3v) is 4.81. The van der Waals surface area contributed by atoms with Gasteiger partial charge >= 0.3 is 0 Å². The Morgan fingerprint density at radius 2 is 1.91 bits per heavy atom. The lowest BCUT2D eigenvalue weighted by molar-refractivity contribution is 0.0946. The third-order valence-electron chi connectivity index (χ3n) is 4.56. The molecule has 0 bridgehead atoms. The van der Waals surface area contributed by atoms with E-state index in [-0.39, 0.29) is 24.9 Å². The molecule has 0 fully saturated rings. The number of nitrogens with zero attached hydrogens (tertiary/aromatic N) is 3. The molecule has 7 nitrogen and oxygen atoms in total. The number of hydrogen-bond acceptors (Lipinski definition) is 6. The van der Waals surface area contributed by atoms with Gasteiger partial charge in [0.15, 0.2) is 0 Å². The van der Waals surface area contributed by atoms with E-state index in [1.54, 1.807) is 66.7 Å². The Morgan fingerprint density at radius 3 is 2.72 bits per heavy atom. The first-order valence-electron chi connectivity index (χ1n) is 9.70. The predicted octanol–water partition coefficient (Wildman–Crippen LogP) is 4.77. The van der Waals surface area contributed by atoms with Crippen LogP contribution < -0.4 is 10.1 Å². The quantitative estimate of drug-likeness (QED) is 0.440. The summed E-state index contributed by atoms with van der Waals surface area (Å²) in [6.45, 7) is 0.323. The standard InChI is InChI=1S/C24H17ClN4O3/c25-20-10-8-17(9-11-20)23-28-22(32-29-23)14-27-24(30)18-6-3-4-16(12-18)15-31-21-7-2-1-5-19(21)13-26/h1-12H,14-15H2,(H,27,30). The van der Waals surface area contributed by atoms with Gasteiger partial charge in [0.05, 0.1) is 12.1 Å². The molecule has 0 unspecified atom stereocenters. The minimum atomic E-state index is -0.282. The molecular formula is C24H17ClN4O3. The Labute approximate surface area is 189 Å². The monoisotopic (exact) mass is 444 g/mol. The van der Waals surface area contributed by atoms with Gasteiger partial charge in [0, 0.05) is 16.1 Å². The van der Waals surface area contributed by atoms with Crippen LogP contribution in [0.4, 0.5) is 0 Å². The summed E-state index contributed by atoms with van der Waals surface area (Å²) in [4.78, 5) is 16.9. The van der Waals surface area contributed by atoms with Gasteiger partial charge in [-0.25, -0.2) is 0 Å². The molecule has 1 aromatic heterocycles. The number of carbonyl (C=O) groups is 1. The zero-order valence-corrected chi connectivity index (χ0v) is 17.5. The molecule has 0 spiro atoms. The van der Waals surface area contributed by atoms with E-state index in [0.717, 1.165) is 11.1 Å². The molecule has 4 rings (SSSR count). The minimum Gasteiger partial charge on any atom is -0.488 e. The molecular weight excluding hydrogens is 428 g/mol. The Kier molecular flexibility index (Phi) is 6.44. The highest BCUT2D eigenvalue weighted by Crippen LogP contribution is 2.20. The Morgan fingerprint density at radius 1 is 1.09 bits per heavy atom. The van der Waals surface area contributed by atoms with Gasteiger partial charge in [-0.3, -0.25) is 4.79 Å². The van der Waals surface area contributed by atoms with Crippen molar-refractivity contribution in [3.63, 3.8) is 0 Å². The van der Waals surface area contributed by atoms with Crippen molar-refractivity contribution in [1.29, 1.82) is 5.26 Å². The Bertz CT molecular complexity index is 1280. The van der Waals surface area contributed by atoms with Crippen LogP contribution in [-0.2, 0) is 13.2 Å². The number of aromatic nitrogens is 2. The smallest absolute Gasteiger partial charge is 0.251 e. The molecule has 0 atom stereocenters. The van der Waals surface area contributed by atoms with Crippen LogP contribution in [0.25, 0.3) is 11.4 Å². The molecule has 0 aliphatic rings. The average Bonchev–Trinajstić information content (AvgIpc) is 3.31. The van der Waals surface area contributed by atoms with E-state index >= 15 is 0 Å². The van der Waals surface area contributed by atoms with Crippen LogP contribution in [-0.4, -0.2) is 16.0 Å². The van der Waals surface area contributed by atoms with Gasteiger partial charge in [0.2, 0.25) is 11.7 Å². The molecule has 1 N–H and O–H groups in total. The van der Waals surface area contributed by atoms with E-state index in [4.69, 9.17) is 26.1 Å². The minimum absolute atomic E-state index is 0.0930. The summed E-state index contributed by atoms with van der Waals surface area (Å²) in [7, 11) is 0. The van der Waals surface area contributed by atoms with Gasteiger partial charge in [-0.1, -0.05) is 41.0 Å². The molecule has 0 aliphatic heterocycles. The van der Waals surface area contributed by atoms with Gasteiger partial charge in [-0.2, -0.15) is 10.2 Å². The fraction of sp³-hybridized carbons (Fsp3) is 0.0833. The number of hydrogen-bond donors (Lipinski definition) is 1. The summed E-state index contributed by atoms with van der Waals surface area (Å²) in [6, 6.07) is 23.2. The first-order valence-corrected chi connectivity index (χ1v) is 10.1. The molecule has 0 saturated carbocycles.